The van der Waals surface area contributed by atoms with E-state index in [9.17, 15) is 13.2 Å². The zero-order valence-corrected chi connectivity index (χ0v) is 13.3. The van der Waals surface area contributed by atoms with Crippen LogP contribution in [0.25, 0.3) is 0 Å². The molecule has 4 nitrogen and oxygen atoms in total. The van der Waals surface area contributed by atoms with Gasteiger partial charge >= 0.3 is 0 Å². The van der Waals surface area contributed by atoms with Crippen LogP contribution < -0.4 is 4.90 Å². The van der Waals surface area contributed by atoms with Crippen LogP contribution in [0.3, 0.4) is 0 Å². The highest BCUT2D eigenvalue weighted by Gasteiger charge is 2.38. The Morgan fingerprint density at radius 1 is 1.30 bits per heavy atom. The van der Waals surface area contributed by atoms with E-state index < -0.39 is 14.3 Å². The second kappa shape index (κ2) is 5.04. The summed E-state index contributed by atoms with van der Waals surface area (Å²) in [6.07, 6.45) is -0.0500. The van der Waals surface area contributed by atoms with Crippen molar-refractivity contribution in [2.24, 2.45) is 0 Å². The van der Waals surface area contributed by atoms with Gasteiger partial charge in [-0.15, -0.1) is 0 Å². The van der Waals surface area contributed by atoms with Crippen molar-refractivity contribution >= 4 is 31.3 Å². The number of amides is 1. The van der Waals surface area contributed by atoms with Crippen molar-refractivity contribution in [3.8, 4) is 0 Å². The smallest absolute Gasteiger partial charge is 0.237 e. The third kappa shape index (κ3) is 3.15. The predicted molar refractivity (Wildman–Crippen MR) is 80.7 cm³/mol. The van der Waals surface area contributed by atoms with Crippen LogP contribution in [0.5, 0.6) is 0 Å². The van der Waals surface area contributed by atoms with Gasteiger partial charge in [0.15, 0.2) is 0 Å². The lowest BCUT2D eigenvalue weighted by Crippen LogP contribution is -2.27. The van der Waals surface area contributed by atoms with Crippen LogP contribution in [-0.2, 0) is 19.3 Å². The molecule has 1 unspecified atom stereocenters. The number of carbonyl (C=O) groups is 1. The van der Waals surface area contributed by atoms with E-state index >= 15 is 0 Å². The molecule has 1 aromatic carbocycles. The quantitative estimate of drug-likeness (QED) is 0.788. The summed E-state index contributed by atoms with van der Waals surface area (Å²) in [6.45, 7) is 6.39. The number of nitrogens with zero attached hydrogens (tertiary/aromatic N) is 1. The fraction of sp³-hybridized carbons (Fsp3) is 0.500. The number of carbonyl (C=O) groups excluding carboxylic acids is 1. The Morgan fingerprint density at radius 2 is 1.95 bits per heavy atom. The molecule has 1 aromatic rings. The van der Waals surface area contributed by atoms with Crippen molar-refractivity contribution < 1.29 is 13.2 Å². The minimum atomic E-state index is -3.71. The molecule has 1 atom stereocenters. The zero-order valence-electron chi connectivity index (χ0n) is 11.8. The Balaban J connectivity index is 2.32. The maximum atomic E-state index is 12.0. The molecule has 20 heavy (non-hydrogen) atoms. The molecule has 6 heteroatoms. The molecular formula is C14H18ClNO3S. The Morgan fingerprint density at radius 3 is 2.45 bits per heavy atom. The summed E-state index contributed by atoms with van der Waals surface area (Å²) < 4.78 is 22.7. The minimum absolute atomic E-state index is 0.0310. The number of hydrogen-bond acceptors (Lipinski definition) is 3. The van der Waals surface area contributed by atoms with E-state index in [0.29, 0.717) is 0 Å². The number of rotatable bonds is 2. The second-order valence-corrected chi connectivity index (χ2v) is 9.01. The average molecular weight is 316 g/mol. The highest BCUT2D eigenvalue weighted by molar-refractivity contribution is 8.14. The topological polar surface area (TPSA) is 54.5 Å². The van der Waals surface area contributed by atoms with Gasteiger partial charge in [-0.1, -0.05) is 32.9 Å². The lowest BCUT2D eigenvalue weighted by molar-refractivity contribution is -0.117. The molecule has 2 rings (SSSR count). The number of benzene rings is 1. The molecule has 1 aliphatic heterocycles. The molecule has 110 valence electrons. The lowest BCUT2D eigenvalue weighted by atomic mass is 9.87. The van der Waals surface area contributed by atoms with Gasteiger partial charge in [-0.3, -0.25) is 4.79 Å². The van der Waals surface area contributed by atoms with Crippen LogP contribution in [-0.4, -0.2) is 26.1 Å². The fourth-order valence-corrected chi connectivity index (χ4v) is 3.28. The van der Waals surface area contributed by atoms with Gasteiger partial charge in [0.05, 0.1) is 0 Å². The van der Waals surface area contributed by atoms with Crippen LogP contribution in [0.4, 0.5) is 5.69 Å². The molecule has 0 aliphatic carbocycles. The largest absolute Gasteiger partial charge is 0.311 e. The van der Waals surface area contributed by atoms with Gasteiger partial charge < -0.3 is 4.90 Å². The normalized spacial score (nSPS) is 20.5. The molecule has 1 heterocycles. The van der Waals surface area contributed by atoms with Crippen molar-refractivity contribution in [3.05, 3.63) is 29.8 Å². The van der Waals surface area contributed by atoms with Crippen LogP contribution in [0, 0.1) is 0 Å². The monoisotopic (exact) mass is 315 g/mol. The highest BCUT2D eigenvalue weighted by atomic mass is 35.7. The van der Waals surface area contributed by atoms with Crippen LogP contribution >= 0.6 is 10.7 Å². The van der Waals surface area contributed by atoms with Crippen molar-refractivity contribution in [2.45, 2.75) is 37.9 Å². The summed E-state index contributed by atoms with van der Waals surface area (Å²) in [6, 6.07) is 7.63. The van der Waals surface area contributed by atoms with Crippen LogP contribution in [0.2, 0.25) is 0 Å². The Kier molecular flexibility index (Phi) is 3.86. The van der Waals surface area contributed by atoms with Crippen molar-refractivity contribution in [2.75, 3.05) is 11.4 Å². The Hall–Kier alpha value is -1.07. The van der Waals surface area contributed by atoms with E-state index in [1.807, 2.05) is 24.3 Å². The van der Waals surface area contributed by atoms with E-state index in [1.54, 1.807) is 0 Å². The second-order valence-electron chi connectivity index (χ2n) is 6.11. The summed E-state index contributed by atoms with van der Waals surface area (Å²) >= 11 is 0. The highest BCUT2D eigenvalue weighted by Crippen LogP contribution is 2.30. The van der Waals surface area contributed by atoms with E-state index in [4.69, 9.17) is 10.7 Å². The Labute approximate surface area is 124 Å². The van der Waals surface area contributed by atoms with Crippen molar-refractivity contribution in [3.63, 3.8) is 0 Å². The molecule has 0 aromatic heterocycles. The number of halogens is 1. The SMILES string of the molecule is CC(C)(C)c1cccc(N2CC(S(=O)(=O)Cl)CC2=O)c1. The molecule has 1 amide bonds. The zero-order chi connectivity index (χ0) is 15.1. The van der Waals surface area contributed by atoms with Crippen LogP contribution in [0.1, 0.15) is 32.8 Å². The fourth-order valence-electron chi connectivity index (χ4n) is 2.25. The van der Waals surface area contributed by atoms with Gasteiger partial charge in [0.2, 0.25) is 15.0 Å². The first-order chi connectivity index (χ1) is 9.09. The van der Waals surface area contributed by atoms with E-state index in [-0.39, 0.29) is 24.3 Å². The van der Waals surface area contributed by atoms with Gasteiger partial charge in [0.25, 0.3) is 0 Å². The third-order valence-corrected chi connectivity index (χ3v) is 5.38. The Bertz CT molecular complexity index is 634. The molecule has 0 radical (unpaired) electrons. The molecule has 0 spiro atoms. The van der Waals surface area contributed by atoms with Gasteiger partial charge in [-0.2, -0.15) is 0 Å². The first-order valence-electron chi connectivity index (χ1n) is 6.43. The molecular weight excluding hydrogens is 298 g/mol. The molecule has 0 bridgehead atoms. The summed E-state index contributed by atoms with van der Waals surface area (Å²) in [5.74, 6) is -0.203. The van der Waals surface area contributed by atoms with Crippen molar-refractivity contribution in [1.82, 2.24) is 0 Å². The van der Waals surface area contributed by atoms with Gasteiger partial charge in [0, 0.05) is 29.3 Å². The first-order valence-corrected chi connectivity index (χ1v) is 8.80. The van der Waals surface area contributed by atoms with Gasteiger partial charge in [-0.05, 0) is 23.1 Å². The number of hydrogen-bond donors (Lipinski definition) is 0. The van der Waals surface area contributed by atoms with E-state index in [0.717, 1.165) is 11.3 Å². The third-order valence-electron chi connectivity index (χ3n) is 3.51. The summed E-state index contributed by atoms with van der Waals surface area (Å²) in [5, 5.41) is -0.824. The molecule has 1 saturated heterocycles. The average Bonchev–Trinajstić information content (AvgIpc) is 2.70. The maximum Gasteiger partial charge on any atom is 0.237 e. The number of anilines is 1. The van der Waals surface area contributed by atoms with Gasteiger partial charge in [-0.25, -0.2) is 8.42 Å². The summed E-state index contributed by atoms with van der Waals surface area (Å²) in [5.41, 5.74) is 1.79. The van der Waals surface area contributed by atoms with E-state index in [1.165, 1.54) is 4.90 Å². The molecule has 0 saturated carbocycles. The predicted octanol–water partition coefficient (Wildman–Crippen LogP) is 2.66. The van der Waals surface area contributed by atoms with Crippen molar-refractivity contribution in [1.29, 1.82) is 0 Å². The van der Waals surface area contributed by atoms with Gasteiger partial charge in [0.1, 0.15) is 5.25 Å². The molecule has 1 fully saturated rings. The first kappa shape index (κ1) is 15.3. The minimum Gasteiger partial charge on any atom is -0.311 e. The standard InChI is InChI=1S/C14H18ClNO3S/c1-14(2,3)10-5-4-6-11(7-10)16-9-12(8-13(16)17)20(15,18)19/h4-7,12H,8-9H2,1-3H3. The summed E-state index contributed by atoms with van der Waals surface area (Å²) in [7, 11) is 1.65. The molecule has 1 aliphatic rings. The summed E-state index contributed by atoms with van der Waals surface area (Å²) in [4.78, 5) is 13.5. The van der Waals surface area contributed by atoms with E-state index in [2.05, 4.69) is 20.8 Å². The maximum absolute atomic E-state index is 12.0. The molecule has 0 N–H and O–H groups in total. The lowest BCUT2D eigenvalue weighted by Gasteiger charge is -2.22. The van der Waals surface area contributed by atoms with Crippen LogP contribution in [0.15, 0.2) is 24.3 Å².